The van der Waals surface area contributed by atoms with Crippen LogP contribution in [0.2, 0.25) is 0 Å². The van der Waals surface area contributed by atoms with Crippen LogP contribution in [-0.4, -0.2) is 31.9 Å². The van der Waals surface area contributed by atoms with Crippen molar-refractivity contribution in [3.63, 3.8) is 0 Å². The number of hydrogen-bond donors (Lipinski definition) is 2. The average molecular weight is 149 g/mol. The van der Waals surface area contributed by atoms with Crippen molar-refractivity contribution in [3.05, 3.63) is 0 Å². The van der Waals surface area contributed by atoms with Crippen molar-refractivity contribution in [2.45, 2.75) is 6.04 Å². The summed E-state index contributed by atoms with van der Waals surface area (Å²) in [6.07, 6.45) is 0. The van der Waals surface area contributed by atoms with Crippen molar-refractivity contribution in [1.29, 1.82) is 0 Å². The topological polar surface area (TPSA) is 38.3 Å². The number of rotatable bonds is 3. The van der Waals surface area contributed by atoms with Gasteiger partial charge in [-0.05, 0) is 7.05 Å². The van der Waals surface area contributed by atoms with Gasteiger partial charge in [0.05, 0.1) is 7.11 Å². The van der Waals surface area contributed by atoms with Gasteiger partial charge >= 0.3 is 5.97 Å². The lowest BCUT2D eigenvalue weighted by molar-refractivity contribution is -0.142. The van der Waals surface area contributed by atoms with Crippen LogP contribution in [0.4, 0.5) is 0 Å². The van der Waals surface area contributed by atoms with E-state index in [1.54, 1.807) is 7.05 Å². The molecule has 0 radical (unpaired) electrons. The molecule has 9 heavy (non-hydrogen) atoms. The van der Waals surface area contributed by atoms with E-state index in [4.69, 9.17) is 0 Å². The number of carbonyl (C=O) groups is 1. The molecule has 1 N–H and O–H groups in total. The monoisotopic (exact) mass is 149 g/mol. The van der Waals surface area contributed by atoms with Gasteiger partial charge in [-0.1, -0.05) is 0 Å². The summed E-state index contributed by atoms with van der Waals surface area (Å²) in [5.41, 5.74) is 0. The zero-order chi connectivity index (χ0) is 7.28. The molecular formula is C5H11NO2S. The van der Waals surface area contributed by atoms with Gasteiger partial charge in [-0.25, -0.2) is 0 Å². The number of carbonyl (C=O) groups excluding carboxylic acids is 1. The van der Waals surface area contributed by atoms with Crippen LogP contribution in [0.3, 0.4) is 0 Å². The third kappa shape index (κ3) is 2.72. The van der Waals surface area contributed by atoms with Crippen molar-refractivity contribution >= 4 is 18.6 Å². The number of methoxy groups -OCH3 is 1. The second-order valence-electron chi connectivity index (χ2n) is 1.55. The molecule has 0 saturated heterocycles. The molecule has 0 aliphatic rings. The maximum atomic E-state index is 10.6. The fourth-order valence-corrected chi connectivity index (χ4v) is 0.758. The molecule has 0 aromatic carbocycles. The van der Waals surface area contributed by atoms with Gasteiger partial charge < -0.3 is 10.1 Å². The first kappa shape index (κ1) is 8.78. The normalized spacial score (nSPS) is 12.8. The maximum absolute atomic E-state index is 10.6. The highest BCUT2D eigenvalue weighted by Crippen LogP contribution is 1.88. The van der Waals surface area contributed by atoms with E-state index < -0.39 is 0 Å². The molecule has 0 aliphatic heterocycles. The summed E-state index contributed by atoms with van der Waals surface area (Å²) in [7, 11) is 3.05. The summed E-state index contributed by atoms with van der Waals surface area (Å²) >= 11 is 3.93. The van der Waals surface area contributed by atoms with Crippen molar-refractivity contribution in [3.8, 4) is 0 Å². The molecule has 0 aromatic rings. The van der Waals surface area contributed by atoms with E-state index in [1.165, 1.54) is 7.11 Å². The number of thiol groups is 1. The lowest BCUT2D eigenvalue weighted by atomic mass is 10.3. The predicted octanol–water partition coefficient (Wildman–Crippen LogP) is -0.323. The summed E-state index contributed by atoms with van der Waals surface area (Å²) < 4.78 is 4.44. The van der Waals surface area contributed by atoms with E-state index in [9.17, 15) is 4.79 Å². The molecule has 0 spiro atoms. The number of esters is 1. The van der Waals surface area contributed by atoms with Gasteiger partial charge in [0.2, 0.25) is 0 Å². The molecule has 4 heteroatoms. The van der Waals surface area contributed by atoms with Crippen LogP contribution in [0.1, 0.15) is 0 Å². The fraction of sp³-hybridized carbons (Fsp3) is 0.800. The molecule has 0 bridgehead atoms. The van der Waals surface area contributed by atoms with Crippen LogP contribution < -0.4 is 5.32 Å². The average Bonchev–Trinajstić information content (AvgIpc) is 1.90. The van der Waals surface area contributed by atoms with Gasteiger partial charge in [0, 0.05) is 5.75 Å². The van der Waals surface area contributed by atoms with Crippen LogP contribution in [0.5, 0.6) is 0 Å². The standard InChI is InChI=1S/C5H11NO2S/c1-6-4(3-9)5(7)8-2/h4,6,9H,3H2,1-2H3/t4-/m0/s1. The molecule has 0 rings (SSSR count). The summed E-state index contributed by atoms with van der Waals surface area (Å²) in [5.74, 6) is 0.191. The van der Waals surface area contributed by atoms with Crippen LogP contribution in [0, 0.1) is 0 Å². The molecule has 0 heterocycles. The smallest absolute Gasteiger partial charge is 0.323 e. The Kier molecular flexibility index (Phi) is 4.53. The first-order valence-electron chi connectivity index (χ1n) is 2.62. The zero-order valence-electron chi connectivity index (χ0n) is 5.55. The summed E-state index contributed by atoms with van der Waals surface area (Å²) in [5, 5.41) is 2.75. The summed E-state index contributed by atoms with van der Waals surface area (Å²) in [6.45, 7) is 0. The molecule has 0 aromatic heterocycles. The highest BCUT2D eigenvalue weighted by atomic mass is 32.1. The van der Waals surface area contributed by atoms with Crippen LogP contribution >= 0.6 is 12.6 Å². The molecule has 0 saturated carbocycles. The van der Waals surface area contributed by atoms with Gasteiger partial charge in [-0.3, -0.25) is 4.79 Å². The quantitative estimate of drug-likeness (QED) is 0.426. The van der Waals surface area contributed by atoms with Gasteiger partial charge in [0.1, 0.15) is 6.04 Å². The van der Waals surface area contributed by atoms with Gasteiger partial charge in [0.25, 0.3) is 0 Å². The molecule has 1 atom stereocenters. The Morgan fingerprint density at radius 3 is 2.56 bits per heavy atom. The van der Waals surface area contributed by atoms with E-state index in [2.05, 4.69) is 22.7 Å². The SMILES string of the molecule is CN[C@@H](CS)C(=O)OC. The Bertz CT molecular complexity index is 93.0. The molecule has 0 fully saturated rings. The Balaban J connectivity index is 3.64. The second kappa shape index (κ2) is 4.64. The van der Waals surface area contributed by atoms with Gasteiger partial charge in [-0.15, -0.1) is 0 Å². The first-order valence-corrected chi connectivity index (χ1v) is 3.25. The molecule has 54 valence electrons. The van der Waals surface area contributed by atoms with Gasteiger partial charge in [-0.2, -0.15) is 12.6 Å². The summed E-state index contributed by atoms with van der Waals surface area (Å²) in [6, 6.07) is -0.279. The van der Waals surface area contributed by atoms with E-state index in [0.717, 1.165) is 0 Å². The maximum Gasteiger partial charge on any atom is 0.323 e. The zero-order valence-corrected chi connectivity index (χ0v) is 6.44. The van der Waals surface area contributed by atoms with E-state index in [1.807, 2.05) is 0 Å². The van der Waals surface area contributed by atoms with Crippen LogP contribution in [0.15, 0.2) is 0 Å². The highest BCUT2D eigenvalue weighted by Gasteiger charge is 2.13. The number of ether oxygens (including phenoxy) is 1. The minimum absolute atomic E-state index is 0.271. The highest BCUT2D eigenvalue weighted by molar-refractivity contribution is 7.80. The van der Waals surface area contributed by atoms with Crippen molar-refractivity contribution < 1.29 is 9.53 Å². The van der Waals surface area contributed by atoms with Crippen molar-refractivity contribution in [2.24, 2.45) is 0 Å². The molecule has 3 nitrogen and oxygen atoms in total. The third-order valence-corrected chi connectivity index (χ3v) is 1.38. The Morgan fingerprint density at radius 2 is 2.44 bits per heavy atom. The predicted molar refractivity (Wildman–Crippen MR) is 38.7 cm³/mol. The van der Waals surface area contributed by atoms with Crippen LogP contribution in [-0.2, 0) is 9.53 Å². The molecule has 0 aliphatic carbocycles. The Labute approximate surface area is 60.2 Å². The molecular weight excluding hydrogens is 138 g/mol. The largest absolute Gasteiger partial charge is 0.468 e. The van der Waals surface area contributed by atoms with Crippen molar-refractivity contribution in [1.82, 2.24) is 5.32 Å². The number of hydrogen-bond acceptors (Lipinski definition) is 4. The van der Waals surface area contributed by atoms with Crippen molar-refractivity contribution in [2.75, 3.05) is 19.9 Å². The van der Waals surface area contributed by atoms with E-state index in [0.29, 0.717) is 5.75 Å². The number of likely N-dealkylation sites (N-methyl/N-ethyl adjacent to an activating group) is 1. The minimum atomic E-state index is -0.279. The fourth-order valence-electron chi connectivity index (χ4n) is 0.426. The Morgan fingerprint density at radius 1 is 1.89 bits per heavy atom. The first-order chi connectivity index (χ1) is 4.26. The van der Waals surface area contributed by atoms with Gasteiger partial charge in [0.15, 0.2) is 0 Å². The van der Waals surface area contributed by atoms with Crippen LogP contribution in [0.25, 0.3) is 0 Å². The lowest BCUT2D eigenvalue weighted by Gasteiger charge is -2.08. The molecule has 0 unspecified atom stereocenters. The Hall–Kier alpha value is -0.220. The number of nitrogens with one attached hydrogen (secondary N) is 1. The van der Waals surface area contributed by atoms with E-state index >= 15 is 0 Å². The second-order valence-corrected chi connectivity index (χ2v) is 1.91. The van der Waals surface area contributed by atoms with E-state index in [-0.39, 0.29) is 12.0 Å². The molecule has 0 amide bonds. The lowest BCUT2D eigenvalue weighted by Crippen LogP contribution is -2.36. The minimum Gasteiger partial charge on any atom is -0.468 e. The summed E-state index contributed by atoms with van der Waals surface area (Å²) in [4.78, 5) is 10.6. The third-order valence-electron chi connectivity index (χ3n) is 1.02.